The van der Waals surface area contributed by atoms with E-state index in [0.717, 1.165) is 0 Å². The van der Waals surface area contributed by atoms with E-state index in [2.05, 4.69) is 50.1 Å². The summed E-state index contributed by atoms with van der Waals surface area (Å²) in [5, 5.41) is 23.9. The molecule has 102 valence electrons. The summed E-state index contributed by atoms with van der Waals surface area (Å²) in [5.41, 5.74) is 6.05. The van der Waals surface area contributed by atoms with Gasteiger partial charge in [0.15, 0.2) is 28.6 Å². The van der Waals surface area contributed by atoms with Gasteiger partial charge in [-0.1, -0.05) is 0 Å². The Morgan fingerprint density at radius 3 is 2.10 bits per heavy atom. The first-order valence-electron chi connectivity index (χ1n) is 5.18. The van der Waals surface area contributed by atoms with Gasteiger partial charge >= 0.3 is 0 Å². The minimum atomic E-state index is -0.359. The van der Waals surface area contributed by atoms with E-state index in [1.54, 1.807) is 0 Å². The van der Waals surface area contributed by atoms with Gasteiger partial charge in [0.25, 0.3) is 0 Å². The first-order valence-corrected chi connectivity index (χ1v) is 5.18. The highest BCUT2D eigenvalue weighted by molar-refractivity contribution is 5.92. The number of hydrogen-bond acceptors (Lipinski definition) is 11. The van der Waals surface area contributed by atoms with Crippen LogP contribution in [0.2, 0.25) is 0 Å². The van der Waals surface area contributed by atoms with Crippen LogP contribution in [0.4, 0.5) is 11.6 Å². The van der Waals surface area contributed by atoms with Gasteiger partial charge in [-0.05, 0) is 30.9 Å². The number of amides is 1. The lowest BCUT2D eigenvalue weighted by Crippen LogP contribution is -2.07. The molecular formula is C8H6N8O4. The van der Waals surface area contributed by atoms with Crippen molar-refractivity contribution in [1.82, 2.24) is 30.9 Å². The van der Waals surface area contributed by atoms with Gasteiger partial charge in [-0.2, -0.15) is 0 Å². The Hall–Kier alpha value is -3.31. The molecule has 0 saturated carbocycles. The van der Waals surface area contributed by atoms with Crippen molar-refractivity contribution < 1.29 is 18.7 Å². The zero-order valence-electron chi connectivity index (χ0n) is 9.89. The molecule has 0 aliphatic heterocycles. The number of nitrogens with zero attached hydrogens (tertiary/aromatic N) is 6. The predicted molar refractivity (Wildman–Crippen MR) is 59.6 cm³/mol. The third-order valence-corrected chi connectivity index (χ3v) is 2.23. The van der Waals surface area contributed by atoms with E-state index in [4.69, 9.17) is 5.73 Å². The summed E-state index contributed by atoms with van der Waals surface area (Å²) in [5.74, 6) is -0.300. The Labute approximate surface area is 109 Å². The molecule has 3 aromatic rings. The molecule has 0 spiro atoms. The van der Waals surface area contributed by atoms with Crippen LogP contribution in [0.3, 0.4) is 0 Å². The lowest BCUT2D eigenvalue weighted by Gasteiger charge is -1.96. The van der Waals surface area contributed by atoms with Crippen LogP contribution in [0.5, 0.6) is 0 Å². The first kappa shape index (κ1) is 11.8. The van der Waals surface area contributed by atoms with E-state index >= 15 is 0 Å². The Bertz CT molecular complexity index is 758. The maximum Gasteiger partial charge on any atom is 0.222 e. The average Bonchev–Trinajstić information content (AvgIpc) is 3.07. The summed E-state index contributed by atoms with van der Waals surface area (Å²) in [6, 6.07) is 0. The number of aromatic nitrogens is 6. The molecular weight excluding hydrogens is 272 g/mol. The van der Waals surface area contributed by atoms with Gasteiger partial charge in [0.1, 0.15) is 0 Å². The highest BCUT2D eigenvalue weighted by Crippen LogP contribution is 2.32. The standard InChI is InChI=1S/C8H6N8O4/c1-2(17)10-8-6(14-20-16-8)4-3(11-18-12-4)5-7(9)15-19-13-5/h1H3,(H2,9,15)(H,10,16,17). The molecule has 0 unspecified atom stereocenters. The summed E-state index contributed by atoms with van der Waals surface area (Å²) in [7, 11) is 0. The molecule has 0 saturated heterocycles. The van der Waals surface area contributed by atoms with Crippen molar-refractivity contribution in [1.29, 1.82) is 0 Å². The van der Waals surface area contributed by atoms with Gasteiger partial charge in [0.05, 0.1) is 0 Å². The van der Waals surface area contributed by atoms with E-state index in [-0.39, 0.29) is 40.3 Å². The van der Waals surface area contributed by atoms with Crippen molar-refractivity contribution in [3.63, 3.8) is 0 Å². The van der Waals surface area contributed by atoms with E-state index in [9.17, 15) is 4.79 Å². The normalized spacial score (nSPS) is 10.7. The highest BCUT2D eigenvalue weighted by Gasteiger charge is 2.26. The van der Waals surface area contributed by atoms with E-state index in [0.29, 0.717) is 0 Å². The van der Waals surface area contributed by atoms with E-state index < -0.39 is 0 Å². The van der Waals surface area contributed by atoms with Crippen molar-refractivity contribution in [2.24, 2.45) is 0 Å². The molecule has 0 aliphatic carbocycles. The Morgan fingerprint density at radius 2 is 1.45 bits per heavy atom. The monoisotopic (exact) mass is 278 g/mol. The van der Waals surface area contributed by atoms with Crippen LogP contribution in [0, 0.1) is 0 Å². The summed E-state index contributed by atoms with van der Waals surface area (Å²) in [6.45, 7) is 1.31. The third-order valence-electron chi connectivity index (χ3n) is 2.23. The SMILES string of the molecule is CC(=O)Nc1nonc1-c1nonc1-c1nonc1N. The van der Waals surface area contributed by atoms with E-state index in [1.165, 1.54) is 6.92 Å². The highest BCUT2D eigenvalue weighted by atomic mass is 16.6. The number of nitrogens with two attached hydrogens (primary N) is 1. The molecule has 20 heavy (non-hydrogen) atoms. The fraction of sp³-hybridized carbons (Fsp3) is 0.125. The minimum Gasteiger partial charge on any atom is -0.379 e. The van der Waals surface area contributed by atoms with Crippen LogP contribution in [-0.2, 0) is 4.79 Å². The van der Waals surface area contributed by atoms with Crippen molar-refractivity contribution in [3.05, 3.63) is 0 Å². The minimum absolute atomic E-state index is 0.000480. The van der Waals surface area contributed by atoms with Crippen molar-refractivity contribution in [2.45, 2.75) is 6.92 Å². The summed E-state index contributed by atoms with van der Waals surface area (Å²) < 4.78 is 13.7. The van der Waals surface area contributed by atoms with E-state index in [1.807, 2.05) is 0 Å². The van der Waals surface area contributed by atoms with Crippen LogP contribution < -0.4 is 11.1 Å². The molecule has 3 N–H and O–H groups in total. The number of nitrogens with one attached hydrogen (secondary N) is 1. The second kappa shape index (κ2) is 4.42. The van der Waals surface area contributed by atoms with Crippen LogP contribution in [-0.4, -0.2) is 36.8 Å². The van der Waals surface area contributed by atoms with Crippen LogP contribution in [0.1, 0.15) is 6.92 Å². The summed E-state index contributed by atoms with van der Waals surface area (Å²) in [4.78, 5) is 11.1. The Kier molecular flexibility index (Phi) is 2.60. The maximum atomic E-state index is 11.1. The van der Waals surface area contributed by atoms with Gasteiger partial charge in [-0.3, -0.25) is 4.79 Å². The van der Waals surface area contributed by atoms with Gasteiger partial charge < -0.3 is 11.1 Å². The number of hydrogen-bond donors (Lipinski definition) is 2. The Morgan fingerprint density at radius 1 is 0.900 bits per heavy atom. The molecule has 0 aliphatic rings. The van der Waals surface area contributed by atoms with Crippen LogP contribution in [0.25, 0.3) is 22.8 Å². The zero-order valence-corrected chi connectivity index (χ0v) is 9.89. The molecule has 0 aromatic carbocycles. The molecule has 0 atom stereocenters. The number of carbonyl (C=O) groups is 1. The molecule has 12 nitrogen and oxygen atoms in total. The molecule has 3 aromatic heterocycles. The molecule has 1 amide bonds. The largest absolute Gasteiger partial charge is 0.379 e. The van der Waals surface area contributed by atoms with Crippen molar-refractivity contribution in [3.8, 4) is 22.8 Å². The fourth-order valence-corrected chi connectivity index (χ4v) is 1.45. The molecule has 0 bridgehead atoms. The molecule has 0 fully saturated rings. The quantitative estimate of drug-likeness (QED) is 0.644. The van der Waals surface area contributed by atoms with Crippen molar-refractivity contribution in [2.75, 3.05) is 11.1 Å². The summed E-state index contributed by atoms with van der Waals surface area (Å²) >= 11 is 0. The van der Waals surface area contributed by atoms with Crippen LogP contribution in [0.15, 0.2) is 13.9 Å². The van der Waals surface area contributed by atoms with Gasteiger partial charge in [0, 0.05) is 6.92 Å². The van der Waals surface area contributed by atoms with Crippen LogP contribution >= 0.6 is 0 Å². The molecule has 0 radical (unpaired) electrons. The lowest BCUT2D eigenvalue weighted by molar-refractivity contribution is -0.114. The second-order valence-electron chi connectivity index (χ2n) is 3.60. The second-order valence-corrected chi connectivity index (χ2v) is 3.60. The van der Waals surface area contributed by atoms with Gasteiger partial charge in [0.2, 0.25) is 11.7 Å². The van der Waals surface area contributed by atoms with Crippen molar-refractivity contribution >= 4 is 17.5 Å². The zero-order chi connectivity index (χ0) is 14.1. The number of rotatable bonds is 3. The smallest absolute Gasteiger partial charge is 0.222 e. The topological polar surface area (TPSA) is 172 Å². The third kappa shape index (κ3) is 1.84. The molecule has 3 rings (SSSR count). The average molecular weight is 278 g/mol. The predicted octanol–water partition coefficient (Wildman–Crippen LogP) is -0.290. The fourth-order valence-electron chi connectivity index (χ4n) is 1.45. The Balaban J connectivity index is 2.09. The summed E-state index contributed by atoms with van der Waals surface area (Å²) in [6.07, 6.45) is 0. The first-order chi connectivity index (χ1) is 9.66. The number of carbonyl (C=O) groups excluding carboxylic acids is 1. The maximum absolute atomic E-state index is 11.1. The number of anilines is 2. The molecule has 12 heteroatoms. The number of nitrogen functional groups attached to an aromatic ring is 1. The van der Waals surface area contributed by atoms with Gasteiger partial charge in [-0.15, -0.1) is 0 Å². The molecule has 3 heterocycles. The lowest BCUT2D eigenvalue weighted by atomic mass is 10.2. The van der Waals surface area contributed by atoms with Gasteiger partial charge in [-0.25, -0.2) is 13.9 Å².